The third kappa shape index (κ3) is 3.30. The second-order valence-corrected chi connectivity index (χ2v) is 7.40. The molecule has 2 heteroatoms. The molecule has 0 saturated heterocycles. The lowest BCUT2D eigenvalue weighted by molar-refractivity contribution is 1.50. The largest absolute Gasteiger partial charge is 0.248 e. The minimum atomic E-state index is 0.727. The summed E-state index contributed by atoms with van der Waals surface area (Å²) in [7, 11) is 0. The number of nitrogens with zero attached hydrogens (tertiary/aromatic N) is 1. The third-order valence-electron chi connectivity index (χ3n) is 5.11. The van der Waals surface area contributed by atoms with Crippen LogP contribution in [0.4, 0.5) is 5.69 Å². The maximum Gasteiger partial charge on any atom is 0.0800 e. The molecule has 0 radical (unpaired) electrons. The molecule has 0 saturated carbocycles. The van der Waals surface area contributed by atoms with Gasteiger partial charge in [-0.3, -0.25) is 0 Å². The lowest BCUT2D eigenvalue weighted by atomic mass is 9.94. The van der Waals surface area contributed by atoms with Gasteiger partial charge < -0.3 is 0 Å². The number of hydrogen-bond acceptors (Lipinski definition) is 1. The lowest BCUT2D eigenvalue weighted by Crippen LogP contribution is -2.00. The SMILES string of the molecule is Clc1ccc2c(c1)C(c1ccccc1)=C(c1ccccc1)C2=Nc1ccccc1. The first-order valence-electron chi connectivity index (χ1n) is 9.61. The van der Waals surface area contributed by atoms with E-state index in [0.717, 1.165) is 44.2 Å². The average Bonchev–Trinajstić information content (AvgIpc) is 3.09. The first kappa shape index (κ1) is 17.7. The highest BCUT2D eigenvalue weighted by molar-refractivity contribution is 6.44. The van der Waals surface area contributed by atoms with Crippen molar-refractivity contribution in [3.05, 3.63) is 136 Å². The smallest absolute Gasteiger partial charge is 0.0800 e. The zero-order valence-electron chi connectivity index (χ0n) is 15.7. The molecule has 4 aromatic carbocycles. The molecule has 0 N–H and O–H groups in total. The molecule has 1 aliphatic rings. The van der Waals surface area contributed by atoms with Gasteiger partial charge in [-0.05, 0) is 46.5 Å². The van der Waals surface area contributed by atoms with Gasteiger partial charge in [-0.25, -0.2) is 4.99 Å². The van der Waals surface area contributed by atoms with Crippen LogP contribution < -0.4 is 0 Å². The van der Waals surface area contributed by atoms with E-state index in [4.69, 9.17) is 16.6 Å². The van der Waals surface area contributed by atoms with Crippen molar-refractivity contribution in [2.45, 2.75) is 0 Å². The lowest BCUT2D eigenvalue weighted by Gasteiger charge is -2.10. The molecular weight excluding hydrogens is 374 g/mol. The predicted molar refractivity (Wildman–Crippen MR) is 123 cm³/mol. The quantitative estimate of drug-likeness (QED) is 0.344. The van der Waals surface area contributed by atoms with E-state index in [2.05, 4.69) is 60.7 Å². The Bertz CT molecular complexity index is 1220. The number of benzene rings is 4. The van der Waals surface area contributed by atoms with Crippen molar-refractivity contribution in [3.63, 3.8) is 0 Å². The third-order valence-corrected chi connectivity index (χ3v) is 5.35. The summed E-state index contributed by atoms with van der Waals surface area (Å²) in [6.45, 7) is 0. The summed E-state index contributed by atoms with van der Waals surface area (Å²) in [6.07, 6.45) is 0. The van der Waals surface area contributed by atoms with E-state index in [1.807, 2.05) is 48.5 Å². The Kier molecular flexibility index (Phi) is 4.59. The fourth-order valence-electron chi connectivity index (χ4n) is 3.86. The van der Waals surface area contributed by atoms with Crippen LogP contribution in [0.3, 0.4) is 0 Å². The minimum absolute atomic E-state index is 0.727. The Morgan fingerprint density at radius 1 is 0.517 bits per heavy atom. The van der Waals surface area contributed by atoms with Crippen molar-refractivity contribution in [1.29, 1.82) is 0 Å². The monoisotopic (exact) mass is 391 g/mol. The number of allylic oxidation sites excluding steroid dienone is 1. The van der Waals surface area contributed by atoms with Crippen LogP contribution in [0.5, 0.6) is 0 Å². The van der Waals surface area contributed by atoms with Crippen LogP contribution in [0.25, 0.3) is 11.1 Å². The summed E-state index contributed by atoms with van der Waals surface area (Å²) in [5.41, 5.74) is 8.76. The van der Waals surface area contributed by atoms with Gasteiger partial charge in [0.2, 0.25) is 0 Å². The molecule has 5 rings (SSSR count). The van der Waals surface area contributed by atoms with Crippen molar-refractivity contribution in [2.75, 3.05) is 0 Å². The molecule has 0 aromatic heterocycles. The Balaban J connectivity index is 1.86. The van der Waals surface area contributed by atoms with E-state index in [9.17, 15) is 0 Å². The number of rotatable bonds is 3. The van der Waals surface area contributed by atoms with Crippen LogP contribution in [0, 0.1) is 0 Å². The molecule has 0 fully saturated rings. The summed E-state index contributed by atoms with van der Waals surface area (Å²) in [5.74, 6) is 0. The van der Waals surface area contributed by atoms with Gasteiger partial charge in [0.1, 0.15) is 0 Å². The van der Waals surface area contributed by atoms with Crippen LogP contribution in [0.1, 0.15) is 22.3 Å². The molecule has 1 nitrogen and oxygen atoms in total. The maximum atomic E-state index is 6.42. The number of halogens is 1. The van der Waals surface area contributed by atoms with Gasteiger partial charge in [-0.2, -0.15) is 0 Å². The predicted octanol–water partition coefficient (Wildman–Crippen LogP) is 7.43. The van der Waals surface area contributed by atoms with Gasteiger partial charge in [0, 0.05) is 16.2 Å². The molecule has 0 unspecified atom stereocenters. The van der Waals surface area contributed by atoms with Crippen LogP contribution in [0.2, 0.25) is 5.02 Å². The summed E-state index contributed by atoms with van der Waals surface area (Å²) in [4.78, 5) is 5.08. The number of aliphatic imine (C=N–C) groups is 1. The second-order valence-electron chi connectivity index (χ2n) is 6.97. The van der Waals surface area contributed by atoms with Gasteiger partial charge in [0.05, 0.1) is 11.4 Å². The van der Waals surface area contributed by atoms with Crippen molar-refractivity contribution < 1.29 is 0 Å². The van der Waals surface area contributed by atoms with E-state index in [1.165, 1.54) is 5.57 Å². The van der Waals surface area contributed by atoms with E-state index in [-0.39, 0.29) is 0 Å². The van der Waals surface area contributed by atoms with Crippen LogP contribution in [-0.4, -0.2) is 5.71 Å². The molecule has 29 heavy (non-hydrogen) atoms. The Morgan fingerprint density at radius 3 is 1.69 bits per heavy atom. The summed E-state index contributed by atoms with van der Waals surface area (Å²) in [6, 6.07) is 37.1. The topological polar surface area (TPSA) is 12.4 Å². The standard InChI is InChI=1S/C27H18ClN/c28-21-16-17-23-24(18-21)25(19-10-4-1-5-11-19)26(20-12-6-2-7-13-20)27(23)29-22-14-8-3-9-15-22/h1-18H. The highest BCUT2D eigenvalue weighted by Crippen LogP contribution is 2.44. The van der Waals surface area contributed by atoms with Gasteiger partial charge >= 0.3 is 0 Å². The van der Waals surface area contributed by atoms with Crippen LogP contribution >= 0.6 is 11.6 Å². The van der Waals surface area contributed by atoms with E-state index >= 15 is 0 Å². The molecule has 4 aromatic rings. The number of hydrogen-bond donors (Lipinski definition) is 0. The van der Waals surface area contributed by atoms with Crippen LogP contribution in [-0.2, 0) is 0 Å². The average molecular weight is 392 g/mol. The van der Waals surface area contributed by atoms with E-state index in [0.29, 0.717) is 0 Å². The fraction of sp³-hybridized carbons (Fsp3) is 0. The summed E-state index contributed by atoms with van der Waals surface area (Å²) >= 11 is 6.42. The zero-order chi connectivity index (χ0) is 19.6. The molecule has 0 atom stereocenters. The molecular formula is C27H18ClN. The van der Waals surface area contributed by atoms with Crippen molar-refractivity contribution >= 4 is 34.1 Å². The van der Waals surface area contributed by atoms with Crippen molar-refractivity contribution in [3.8, 4) is 0 Å². The van der Waals surface area contributed by atoms with E-state index in [1.54, 1.807) is 0 Å². The molecule has 1 aliphatic carbocycles. The molecule has 0 heterocycles. The Hall–Kier alpha value is -3.42. The zero-order valence-corrected chi connectivity index (χ0v) is 16.5. The van der Waals surface area contributed by atoms with Gasteiger partial charge in [-0.15, -0.1) is 0 Å². The number of para-hydroxylation sites is 1. The minimum Gasteiger partial charge on any atom is -0.248 e. The molecule has 0 bridgehead atoms. The molecule has 0 aliphatic heterocycles. The van der Waals surface area contributed by atoms with Gasteiger partial charge in [-0.1, -0.05) is 96.5 Å². The maximum absolute atomic E-state index is 6.42. The Morgan fingerprint density at radius 2 is 1.07 bits per heavy atom. The summed E-state index contributed by atoms with van der Waals surface area (Å²) < 4.78 is 0. The fourth-order valence-corrected chi connectivity index (χ4v) is 4.03. The normalized spacial score (nSPS) is 14.3. The number of fused-ring (bicyclic) bond motifs is 1. The van der Waals surface area contributed by atoms with Gasteiger partial charge in [0.15, 0.2) is 0 Å². The molecule has 138 valence electrons. The Labute approximate surface area is 175 Å². The highest BCUT2D eigenvalue weighted by atomic mass is 35.5. The first-order chi connectivity index (χ1) is 14.3. The second kappa shape index (κ2) is 7.54. The summed E-state index contributed by atoms with van der Waals surface area (Å²) in [5, 5.41) is 0.727. The van der Waals surface area contributed by atoms with Crippen molar-refractivity contribution in [2.24, 2.45) is 4.99 Å². The van der Waals surface area contributed by atoms with E-state index < -0.39 is 0 Å². The van der Waals surface area contributed by atoms with Crippen LogP contribution in [0.15, 0.2) is 114 Å². The van der Waals surface area contributed by atoms with Crippen molar-refractivity contribution in [1.82, 2.24) is 0 Å². The first-order valence-corrected chi connectivity index (χ1v) is 9.98. The molecule has 0 amide bonds. The van der Waals surface area contributed by atoms with Gasteiger partial charge in [0.25, 0.3) is 0 Å². The molecule has 0 spiro atoms. The highest BCUT2D eigenvalue weighted by Gasteiger charge is 2.30.